The lowest BCUT2D eigenvalue weighted by Gasteiger charge is -2.28. The number of carbonyl (C=O) groups is 1. The predicted octanol–water partition coefficient (Wildman–Crippen LogP) is 3.29. The Balaban J connectivity index is 0.00000385. The average Bonchev–Trinajstić information content (AvgIpc) is 2.80. The molecule has 0 bridgehead atoms. The molecule has 9 heteroatoms. The van der Waals surface area contributed by atoms with E-state index in [1.807, 2.05) is 38.1 Å². The summed E-state index contributed by atoms with van der Waals surface area (Å²) in [6, 6.07) is 14.3. The molecule has 0 spiro atoms. The summed E-state index contributed by atoms with van der Waals surface area (Å²) in [7, 11) is 0. The van der Waals surface area contributed by atoms with Gasteiger partial charge in [-0.3, -0.25) is 4.79 Å². The van der Waals surface area contributed by atoms with Crippen molar-refractivity contribution in [2.75, 3.05) is 37.6 Å². The van der Waals surface area contributed by atoms with Gasteiger partial charge >= 0.3 is 0 Å². The Morgan fingerprint density at radius 1 is 1.21 bits per heavy atom. The third-order valence-electron chi connectivity index (χ3n) is 5.16. The predicted molar refractivity (Wildman–Crippen MR) is 141 cm³/mol. The molecule has 33 heavy (non-hydrogen) atoms. The molecule has 3 rings (SSSR count). The molecule has 1 aliphatic heterocycles. The highest BCUT2D eigenvalue weighted by Crippen LogP contribution is 2.17. The molecule has 3 N–H and O–H groups in total. The van der Waals surface area contributed by atoms with Crippen molar-refractivity contribution in [3.8, 4) is 5.75 Å². The lowest BCUT2D eigenvalue weighted by atomic mass is 10.2. The quantitative estimate of drug-likeness (QED) is 0.246. The Bertz CT molecular complexity index is 910. The molecule has 0 aromatic heterocycles. The third kappa shape index (κ3) is 8.71. The summed E-state index contributed by atoms with van der Waals surface area (Å²) in [6.45, 7) is 7.74. The van der Waals surface area contributed by atoms with Crippen LogP contribution in [0.3, 0.4) is 0 Å². The molecular formula is C24H33FIN5O2. The van der Waals surface area contributed by atoms with Crippen LogP contribution in [-0.2, 0) is 11.3 Å². The number of carbonyl (C=O) groups excluding carboxylic acids is 1. The fourth-order valence-corrected chi connectivity index (χ4v) is 3.40. The van der Waals surface area contributed by atoms with Crippen molar-refractivity contribution in [2.45, 2.75) is 32.9 Å². The second kappa shape index (κ2) is 13.9. The van der Waals surface area contributed by atoms with Crippen LogP contribution in [0.2, 0.25) is 0 Å². The fourth-order valence-electron chi connectivity index (χ4n) is 3.40. The largest absolute Gasteiger partial charge is 0.489 e. The first-order chi connectivity index (χ1) is 15.6. The van der Waals surface area contributed by atoms with Crippen LogP contribution >= 0.6 is 24.0 Å². The number of rotatable bonds is 9. The molecule has 2 aromatic carbocycles. The number of hydrogen-bond donors (Lipinski definition) is 3. The smallest absolute Gasteiger partial charge is 0.239 e. The van der Waals surface area contributed by atoms with E-state index in [0.717, 1.165) is 30.8 Å². The number of halogens is 2. The first kappa shape index (κ1) is 26.7. The summed E-state index contributed by atoms with van der Waals surface area (Å²) < 4.78 is 19.3. The van der Waals surface area contributed by atoms with Crippen molar-refractivity contribution in [1.82, 2.24) is 16.0 Å². The summed E-state index contributed by atoms with van der Waals surface area (Å²) in [5.41, 5.74) is 2.12. The zero-order valence-electron chi connectivity index (χ0n) is 19.1. The van der Waals surface area contributed by atoms with E-state index in [0.29, 0.717) is 37.9 Å². The molecule has 1 amide bonds. The fraction of sp³-hybridized carbons (Fsp3) is 0.417. The van der Waals surface area contributed by atoms with E-state index in [1.165, 1.54) is 12.1 Å². The molecule has 0 saturated carbocycles. The van der Waals surface area contributed by atoms with Crippen LogP contribution in [0.1, 0.15) is 25.8 Å². The first-order valence-electron chi connectivity index (χ1n) is 11.1. The zero-order chi connectivity index (χ0) is 22.8. The maximum atomic E-state index is 13.4. The molecule has 0 aliphatic carbocycles. The summed E-state index contributed by atoms with van der Waals surface area (Å²) in [6.07, 6.45) is 0.667. The first-order valence-corrected chi connectivity index (χ1v) is 11.1. The van der Waals surface area contributed by atoms with Gasteiger partial charge in [0.25, 0.3) is 0 Å². The van der Waals surface area contributed by atoms with Crippen molar-refractivity contribution >= 4 is 41.5 Å². The lowest BCUT2D eigenvalue weighted by molar-refractivity contribution is -0.120. The van der Waals surface area contributed by atoms with Crippen LogP contribution in [0.4, 0.5) is 10.1 Å². The Morgan fingerprint density at radius 3 is 2.67 bits per heavy atom. The average molecular weight is 569 g/mol. The number of amides is 1. The molecule has 1 unspecified atom stereocenters. The second-order valence-corrected chi connectivity index (χ2v) is 7.62. The van der Waals surface area contributed by atoms with Gasteiger partial charge in [0.1, 0.15) is 17.7 Å². The molecule has 7 nitrogen and oxygen atoms in total. The van der Waals surface area contributed by atoms with E-state index in [9.17, 15) is 9.18 Å². The number of benzene rings is 2. The summed E-state index contributed by atoms with van der Waals surface area (Å²) in [5.74, 6) is 0.963. The van der Waals surface area contributed by atoms with Gasteiger partial charge in [0.05, 0.1) is 19.6 Å². The van der Waals surface area contributed by atoms with Gasteiger partial charge in [-0.1, -0.05) is 25.1 Å². The number of anilines is 1. The van der Waals surface area contributed by atoms with E-state index in [2.05, 4.69) is 25.8 Å². The minimum atomic E-state index is -0.310. The molecular weight excluding hydrogens is 536 g/mol. The van der Waals surface area contributed by atoms with Crippen molar-refractivity contribution in [2.24, 2.45) is 4.99 Å². The topological polar surface area (TPSA) is 78.0 Å². The molecule has 1 heterocycles. The van der Waals surface area contributed by atoms with Gasteiger partial charge in [0, 0.05) is 31.4 Å². The SMILES string of the molecule is CCNC(=NCc1ccc(N2CCNC(=O)C2)cc1)NCC(CC)Oc1cccc(F)c1.I. The van der Waals surface area contributed by atoms with E-state index >= 15 is 0 Å². The van der Waals surface area contributed by atoms with Crippen LogP contribution in [0.5, 0.6) is 5.75 Å². The van der Waals surface area contributed by atoms with Crippen molar-refractivity contribution in [3.63, 3.8) is 0 Å². The normalized spacial score (nSPS) is 14.7. The molecule has 180 valence electrons. The van der Waals surface area contributed by atoms with Gasteiger partial charge in [0.2, 0.25) is 5.91 Å². The number of aliphatic imine (C=N–C) groups is 1. The monoisotopic (exact) mass is 569 g/mol. The van der Waals surface area contributed by atoms with Gasteiger partial charge < -0.3 is 25.6 Å². The maximum Gasteiger partial charge on any atom is 0.239 e. The highest BCUT2D eigenvalue weighted by molar-refractivity contribution is 14.0. The minimum Gasteiger partial charge on any atom is -0.489 e. The molecule has 2 aromatic rings. The molecule has 1 aliphatic rings. The van der Waals surface area contributed by atoms with Crippen LogP contribution in [0, 0.1) is 5.82 Å². The molecule has 1 saturated heterocycles. The van der Waals surface area contributed by atoms with Crippen molar-refractivity contribution in [3.05, 3.63) is 59.9 Å². The minimum absolute atomic E-state index is 0. The van der Waals surface area contributed by atoms with E-state index in [-0.39, 0.29) is 41.8 Å². The molecule has 0 radical (unpaired) electrons. The number of nitrogens with zero attached hydrogens (tertiary/aromatic N) is 2. The standard InChI is InChI=1S/C24H32FN5O2.HI/c1-3-21(32-22-7-5-6-19(25)14-22)16-29-24(26-4-2)28-15-18-8-10-20(11-9-18)30-13-12-27-23(31)17-30;/h5-11,14,21H,3-4,12-13,15-17H2,1-2H3,(H,27,31)(H2,26,28,29);1H. The number of ether oxygens (including phenoxy) is 1. The lowest BCUT2D eigenvalue weighted by Crippen LogP contribution is -2.47. The molecule has 1 fully saturated rings. The number of hydrogen-bond acceptors (Lipinski definition) is 4. The Hall–Kier alpha value is -2.56. The Labute approximate surface area is 212 Å². The van der Waals surface area contributed by atoms with E-state index in [4.69, 9.17) is 4.74 Å². The Morgan fingerprint density at radius 2 is 2.00 bits per heavy atom. The van der Waals surface area contributed by atoms with Gasteiger partial charge in [-0.2, -0.15) is 0 Å². The van der Waals surface area contributed by atoms with Gasteiger partial charge in [-0.15, -0.1) is 24.0 Å². The van der Waals surface area contributed by atoms with Crippen LogP contribution in [-0.4, -0.2) is 50.7 Å². The number of nitrogens with one attached hydrogen (secondary N) is 3. The van der Waals surface area contributed by atoms with Gasteiger partial charge in [0.15, 0.2) is 5.96 Å². The van der Waals surface area contributed by atoms with Gasteiger partial charge in [-0.25, -0.2) is 9.38 Å². The summed E-state index contributed by atoms with van der Waals surface area (Å²) >= 11 is 0. The maximum absolute atomic E-state index is 13.4. The van der Waals surface area contributed by atoms with Gasteiger partial charge in [-0.05, 0) is 43.2 Å². The zero-order valence-corrected chi connectivity index (χ0v) is 21.5. The van der Waals surface area contributed by atoms with Crippen LogP contribution < -0.4 is 25.6 Å². The molecule has 1 atom stereocenters. The third-order valence-corrected chi connectivity index (χ3v) is 5.16. The summed E-state index contributed by atoms with van der Waals surface area (Å²) in [5, 5.41) is 9.40. The van der Waals surface area contributed by atoms with E-state index < -0.39 is 0 Å². The van der Waals surface area contributed by atoms with Crippen LogP contribution in [0.25, 0.3) is 0 Å². The van der Waals surface area contributed by atoms with Crippen molar-refractivity contribution < 1.29 is 13.9 Å². The van der Waals surface area contributed by atoms with E-state index in [1.54, 1.807) is 12.1 Å². The highest BCUT2D eigenvalue weighted by atomic mass is 127. The van der Waals surface area contributed by atoms with Crippen molar-refractivity contribution in [1.29, 1.82) is 0 Å². The Kier molecular flexibility index (Phi) is 11.2. The summed E-state index contributed by atoms with van der Waals surface area (Å²) in [4.78, 5) is 18.3. The number of piperazine rings is 1. The highest BCUT2D eigenvalue weighted by Gasteiger charge is 2.16. The number of guanidine groups is 1. The van der Waals surface area contributed by atoms with Crippen LogP contribution in [0.15, 0.2) is 53.5 Å². The second-order valence-electron chi connectivity index (χ2n) is 7.62.